The highest BCUT2D eigenvalue weighted by molar-refractivity contribution is 6.19. The molecule has 0 spiro atoms. The number of hydrogen-bond acceptors (Lipinski definition) is 6. The number of anilines is 1. The molecular weight excluding hydrogens is 358 g/mol. The number of carbonyl (C=O) groups is 3. The molecule has 3 amide bonds. The van der Waals surface area contributed by atoms with Gasteiger partial charge < -0.3 is 10.2 Å². The van der Waals surface area contributed by atoms with Crippen molar-refractivity contribution in [1.82, 2.24) is 19.8 Å². The Balaban J connectivity index is 1.43. The standard InChI is InChI=1S/C20H19N5O3/c1-24-19(27)15-3-2-10-25(18(15)20(24)28)12-17(26)23-16-5-4-14(11-22-16)13-6-8-21-9-7-13/h4-9,11H,2-3,10,12H2,1H3,(H,22,23,26). The number of carbonyl (C=O) groups excluding carboxylic acids is 3. The van der Waals surface area contributed by atoms with E-state index >= 15 is 0 Å². The predicted molar refractivity (Wildman–Crippen MR) is 102 cm³/mol. The lowest BCUT2D eigenvalue weighted by Gasteiger charge is -2.28. The minimum Gasteiger partial charge on any atom is -0.357 e. The van der Waals surface area contributed by atoms with E-state index in [2.05, 4.69) is 15.3 Å². The highest BCUT2D eigenvalue weighted by Crippen LogP contribution is 2.30. The largest absolute Gasteiger partial charge is 0.357 e. The Morgan fingerprint density at radius 1 is 1.11 bits per heavy atom. The number of amides is 3. The van der Waals surface area contributed by atoms with E-state index in [1.54, 1.807) is 29.6 Å². The fourth-order valence-electron chi connectivity index (χ4n) is 3.49. The molecule has 0 saturated carbocycles. The zero-order valence-electron chi connectivity index (χ0n) is 15.4. The van der Waals surface area contributed by atoms with Crippen molar-refractivity contribution in [1.29, 1.82) is 0 Å². The van der Waals surface area contributed by atoms with Gasteiger partial charge in [0.2, 0.25) is 5.91 Å². The van der Waals surface area contributed by atoms with Gasteiger partial charge in [-0.15, -0.1) is 0 Å². The predicted octanol–water partition coefficient (Wildman–Crippen LogP) is 1.43. The number of rotatable bonds is 4. The summed E-state index contributed by atoms with van der Waals surface area (Å²) in [5, 5.41) is 2.75. The Morgan fingerprint density at radius 2 is 1.89 bits per heavy atom. The van der Waals surface area contributed by atoms with Gasteiger partial charge in [-0.05, 0) is 42.7 Å². The molecule has 1 N–H and O–H groups in total. The van der Waals surface area contributed by atoms with Crippen LogP contribution in [-0.4, -0.2) is 57.6 Å². The Hall–Kier alpha value is -3.55. The Labute approximate surface area is 161 Å². The molecule has 2 aromatic rings. The molecule has 0 atom stereocenters. The van der Waals surface area contributed by atoms with E-state index in [9.17, 15) is 14.4 Å². The molecule has 8 heteroatoms. The van der Waals surface area contributed by atoms with Gasteiger partial charge in [-0.1, -0.05) is 0 Å². The Bertz CT molecular complexity index is 969. The van der Waals surface area contributed by atoms with Crippen LogP contribution in [0.5, 0.6) is 0 Å². The van der Waals surface area contributed by atoms with Crippen molar-refractivity contribution in [2.24, 2.45) is 0 Å². The Morgan fingerprint density at radius 3 is 2.61 bits per heavy atom. The van der Waals surface area contributed by atoms with Crippen molar-refractivity contribution in [2.75, 3.05) is 25.5 Å². The summed E-state index contributed by atoms with van der Waals surface area (Å²) in [6.45, 7) is 0.563. The highest BCUT2D eigenvalue weighted by atomic mass is 16.2. The molecule has 2 aromatic heterocycles. The lowest BCUT2D eigenvalue weighted by Crippen LogP contribution is -2.38. The summed E-state index contributed by atoms with van der Waals surface area (Å²) in [6, 6.07) is 7.36. The van der Waals surface area contributed by atoms with Crippen LogP contribution in [0.3, 0.4) is 0 Å². The van der Waals surface area contributed by atoms with Gasteiger partial charge in [0.05, 0.1) is 6.54 Å². The van der Waals surface area contributed by atoms with Gasteiger partial charge in [0.1, 0.15) is 11.5 Å². The normalized spacial score (nSPS) is 16.5. The Kier molecular flexibility index (Phi) is 4.60. The van der Waals surface area contributed by atoms with Gasteiger partial charge in [-0.3, -0.25) is 24.3 Å². The van der Waals surface area contributed by atoms with Gasteiger partial charge in [0, 0.05) is 43.3 Å². The summed E-state index contributed by atoms with van der Waals surface area (Å²) in [5.74, 6) is -0.460. The zero-order chi connectivity index (χ0) is 19.7. The van der Waals surface area contributed by atoms with E-state index in [1.807, 2.05) is 18.2 Å². The van der Waals surface area contributed by atoms with E-state index < -0.39 is 0 Å². The average molecular weight is 377 g/mol. The highest BCUT2D eigenvalue weighted by Gasteiger charge is 2.40. The molecule has 28 heavy (non-hydrogen) atoms. The molecule has 0 unspecified atom stereocenters. The fraction of sp³-hybridized carbons (Fsp3) is 0.250. The van der Waals surface area contributed by atoms with E-state index in [0.717, 1.165) is 22.4 Å². The average Bonchev–Trinajstić information content (AvgIpc) is 2.94. The number of nitrogens with one attached hydrogen (secondary N) is 1. The molecule has 2 aliphatic rings. The van der Waals surface area contributed by atoms with E-state index in [1.165, 1.54) is 7.05 Å². The van der Waals surface area contributed by atoms with Crippen molar-refractivity contribution in [3.8, 4) is 11.1 Å². The van der Waals surface area contributed by atoms with Crippen molar-refractivity contribution in [2.45, 2.75) is 12.8 Å². The quantitative estimate of drug-likeness (QED) is 0.810. The second kappa shape index (κ2) is 7.22. The van der Waals surface area contributed by atoms with Crippen LogP contribution in [-0.2, 0) is 14.4 Å². The van der Waals surface area contributed by atoms with E-state index in [0.29, 0.717) is 30.1 Å². The second-order valence-corrected chi connectivity index (χ2v) is 6.74. The summed E-state index contributed by atoms with van der Waals surface area (Å²) in [4.78, 5) is 48.0. The van der Waals surface area contributed by atoms with E-state index in [4.69, 9.17) is 0 Å². The molecule has 0 radical (unpaired) electrons. The van der Waals surface area contributed by atoms with Crippen LogP contribution in [0.2, 0.25) is 0 Å². The molecule has 0 aromatic carbocycles. The van der Waals surface area contributed by atoms with Crippen LogP contribution >= 0.6 is 0 Å². The molecule has 0 saturated heterocycles. The minimum absolute atomic E-state index is 0.000516. The first-order valence-electron chi connectivity index (χ1n) is 9.01. The van der Waals surface area contributed by atoms with Crippen LogP contribution in [0, 0.1) is 0 Å². The molecule has 4 rings (SSSR count). The molecule has 0 aliphatic carbocycles. The van der Waals surface area contributed by atoms with E-state index in [-0.39, 0.29) is 24.3 Å². The van der Waals surface area contributed by atoms with Gasteiger partial charge in [0.25, 0.3) is 11.8 Å². The molecule has 0 fully saturated rings. The van der Waals surface area contributed by atoms with Crippen LogP contribution in [0.15, 0.2) is 54.1 Å². The number of pyridine rings is 2. The lowest BCUT2D eigenvalue weighted by atomic mass is 10.0. The first kappa shape index (κ1) is 17.8. The van der Waals surface area contributed by atoms with Gasteiger partial charge in [-0.25, -0.2) is 4.98 Å². The summed E-state index contributed by atoms with van der Waals surface area (Å²) in [5.41, 5.74) is 2.77. The maximum atomic E-state index is 12.5. The van der Waals surface area contributed by atoms with Gasteiger partial charge >= 0.3 is 0 Å². The van der Waals surface area contributed by atoms with Crippen molar-refractivity contribution < 1.29 is 14.4 Å². The van der Waals surface area contributed by atoms with Crippen LogP contribution < -0.4 is 5.32 Å². The number of nitrogens with zero attached hydrogens (tertiary/aromatic N) is 4. The van der Waals surface area contributed by atoms with Crippen LogP contribution in [0.1, 0.15) is 12.8 Å². The lowest BCUT2D eigenvalue weighted by molar-refractivity contribution is -0.136. The maximum absolute atomic E-state index is 12.5. The topological polar surface area (TPSA) is 95.5 Å². The fourth-order valence-corrected chi connectivity index (χ4v) is 3.49. The summed E-state index contributed by atoms with van der Waals surface area (Å²) < 4.78 is 0. The molecule has 0 bridgehead atoms. The maximum Gasteiger partial charge on any atom is 0.277 e. The number of aromatic nitrogens is 2. The van der Waals surface area contributed by atoms with Crippen LogP contribution in [0.25, 0.3) is 11.1 Å². The zero-order valence-corrected chi connectivity index (χ0v) is 15.4. The number of imide groups is 1. The molecule has 2 aliphatic heterocycles. The third-order valence-electron chi connectivity index (χ3n) is 4.91. The number of hydrogen-bond donors (Lipinski definition) is 1. The number of likely N-dealkylation sites (N-methyl/N-ethyl adjacent to an activating group) is 1. The second-order valence-electron chi connectivity index (χ2n) is 6.74. The molecule has 142 valence electrons. The van der Waals surface area contributed by atoms with Crippen molar-refractivity contribution in [3.63, 3.8) is 0 Å². The summed E-state index contributed by atoms with van der Waals surface area (Å²) >= 11 is 0. The monoisotopic (exact) mass is 377 g/mol. The van der Waals surface area contributed by atoms with Gasteiger partial charge in [0.15, 0.2) is 0 Å². The molecule has 8 nitrogen and oxygen atoms in total. The SMILES string of the molecule is CN1C(=O)C2=C(C1=O)N(CC(=O)Nc1ccc(-c3ccncc3)cn1)CCC2. The van der Waals surface area contributed by atoms with Crippen molar-refractivity contribution >= 4 is 23.5 Å². The van der Waals surface area contributed by atoms with Gasteiger partial charge in [-0.2, -0.15) is 0 Å². The first-order valence-corrected chi connectivity index (χ1v) is 9.01. The summed E-state index contributed by atoms with van der Waals surface area (Å²) in [7, 11) is 1.47. The first-order chi connectivity index (χ1) is 13.5. The smallest absolute Gasteiger partial charge is 0.277 e. The summed E-state index contributed by atoms with van der Waals surface area (Å²) in [6.07, 6.45) is 6.40. The van der Waals surface area contributed by atoms with Crippen LogP contribution in [0.4, 0.5) is 5.82 Å². The minimum atomic E-state index is -0.340. The third kappa shape index (κ3) is 3.24. The third-order valence-corrected chi connectivity index (χ3v) is 4.91. The molecule has 4 heterocycles. The van der Waals surface area contributed by atoms with Crippen molar-refractivity contribution in [3.05, 3.63) is 54.1 Å². The molecular formula is C20H19N5O3.